The molecule has 1 atom stereocenters. The van der Waals surface area contributed by atoms with Gasteiger partial charge in [0, 0.05) is 17.0 Å². The highest BCUT2D eigenvalue weighted by Gasteiger charge is 2.19. The average molecular weight is 311 g/mol. The van der Waals surface area contributed by atoms with Crippen LogP contribution in [0.4, 0.5) is 4.39 Å². The molecule has 1 unspecified atom stereocenters. The van der Waals surface area contributed by atoms with E-state index in [-0.39, 0.29) is 5.82 Å². The van der Waals surface area contributed by atoms with E-state index in [9.17, 15) is 4.39 Å². The van der Waals surface area contributed by atoms with Gasteiger partial charge in [0.1, 0.15) is 0 Å². The molecule has 0 spiro atoms. The molecular weight excluding hydrogens is 285 g/mol. The number of hydrogen-bond donors (Lipinski definition) is 1. The third kappa shape index (κ3) is 4.89. The van der Waals surface area contributed by atoms with Gasteiger partial charge >= 0.3 is 0 Å². The maximum Gasteiger partial charge on any atom is 0.168 e. The highest BCUT2D eigenvalue weighted by atomic mass is 32.2. The minimum Gasteiger partial charge on any atom is -0.494 e. The molecule has 1 aliphatic carbocycles. The van der Waals surface area contributed by atoms with Gasteiger partial charge in [-0.1, -0.05) is 31.9 Å². The molecule has 21 heavy (non-hydrogen) atoms. The highest BCUT2D eigenvalue weighted by molar-refractivity contribution is 7.99. The van der Waals surface area contributed by atoms with Gasteiger partial charge in [0.25, 0.3) is 0 Å². The van der Waals surface area contributed by atoms with Crippen LogP contribution in [0.25, 0.3) is 0 Å². The Morgan fingerprint density at radius 2 is 2.14 bits per heavy atom. The zero-order valence-electron chi connectivity index (χ0n) is 13.0. The second kappa shape index (κ2) is 8.64. The molecule has 0 radical (unpaired) electrons. The first kappa shape index (κ1) is 16.6. The Labute approximate surface area is 131 Å². The summed E-state index contributed by atoms with van der Waals surface area (Å²) in [7, 11) is 1.51. The first-order valence-electron chi connectivity index (χ1n) is 7.91. The summed E-state index contributed by atoms with van der Waals surface area (Å²) in [6.07, 6.45) is 6.15. The Balaban J connectivity index is 1.94. The highest BCUT2D eigenvalue weighted by Crippen LogP contribution is 2.30. The van der Waals surface area contributed by atoms with Gasteiger partial charge in [-0.15, -0.1) is 0 Å². The van der Waals surface area contributed by atoms with E-state index >= 15 is 0 Å². The minimum absolute atomic E-state index is 0.214. The number of ether oxygens (including phenoxy) is 1. The molecule has 118 valence electrons. The molecule has 1 N–H and O–H groups in total. The third-order valence-electron chi connectivity index (χ3n) is 4.06. The van der Waals surface area contributed by atoms with Gasteiger partial charge in [-0.05, 0) is 37.4 Å². The molecule has 2 nitrogen and oxygen atoms in total. The van der Waals surface area contributed by atoms with E-state index < -0.39 is 0 Å². The van der Waals surface area contributed by atoms with Crippen LogP contribution in [0.5, 0.6) is 5.75 Å². The van der Waals surface area contributed by atoms with Crippen molar-refractivity contribution in [1.82, 2.24) is 5.32 Å². The van der Waals surface area contributed by atoms with Crippen molar-refractivity contribution >= 4 is 11.8 Å². The Morgan fingerprint density at radius 1 is 1.38 bits per heavy atom. The van der Waals surface area contributed by atoms with Gasteiger partial charge in [0.15, 0.2) is 11.6 Å². The van der Waals surface area contributed by atoms with Crippen LogP contribution in [0.1, 0.15) is 38.2 Å². The lowest BCUT2D eigenvalue weighted by molar-refractivity contribution is 0.383. The quantitative estimate of drug-likeness (QED) is 0.783. The number of likely N-dealkylation sites (N-methyl/N-ethyl adjacent to an activating group) is 1. The van der Waals surface area contributed by atoms with E-state index in [2.05, 4.69) is 24.0 Å². The van der Waals surface area contributed by atoms with Crippen molar-refractivity contribution in [2.45, 2.75) is 50.3 Å². The summed E-state index contributed by atoms with van der Waals surface area (Å²) in [5.41, 5.74) is 0.743. The molecule has 0 bridgehead atoms. The van der Waals surface area contributed by atoms with Gasteiger partial charge in [-0.3, -0.25) is 0 Å². The van der Waals surface area contributed by atoms with Crippen molar-refractivity contribution in [3.05, 3.63) is 29.6 Å². The van der Waals surface area contributed by atoms with E-state index in [0.717, 1.165) is 29.5 Å². The number of halogens is 1. The number of benzene rings is 1. The summed E-state index contributed by atoms with van der Waals surface area (Å²) in [5, 5.41) is 4.30. The normalized spacial score (nSPS) is 17.1. The largest absolute Gasteiger partial charge is 0.494 e. The Kier molecular flexibility index (Phi) is 6.84. The van der Waals surface area contributed by atoms with Crippen LogP contribution in [0.15, 0.2) is 18.2 Å². The lowest BCUT2D eigenvalue weighted by Crippen LogP contribution is -2.34. The zero-order chi connectivity index (χ0) is 15.1. The maximum absolute atomic E-state index is 14.3. The van der Waals surface area contributed by atoms with Gasteiger partial charge in [0.2, 0.25) is 0 Å². The van der Waals surface area contributed by atoms with E-state index in [0.29, 0.717) is 11.8 Å². The van der Waals surface area contributed by atoms with Gasteiger partial charge in [-0.2, -0.15) is 11.8 Å². The first-order chi connectivity index (χ1) is 10.2. The van der Waals surface area contributed by atoms with Crippen LogP contribution in [0, 0.1) is 5.82 Å². The number of nitrogens with one attached hydrogen (secondary N) is 1. The number of methoxy groups -OCH3 is 1. The molecule has 1 aliphatic rings. The fourth-order valence-electron chi connectivity index (χ4n) is 2.92. The van der Waals surface area contributed by atoms with Crippen LogP contribution >= 0.6 is 11.8 Å². The molecular formula is C17H26FNOS. The molecule has 0 aromatic heterocycles. The molecule has 0 saturated heterocycles. The van der Waals surface area contributed by atoms with E-state index in [1.807, 2.05) is 12.1 Å². The Hall–Kier alpha value is -0.740. The van der Waals surface area contributed by atoms with Crippen molar-refractivity contribution in [2.75, 3.05) is 19.4 Å². The monoisotopic (exact) mass is 311 g/mol. The molecule has 1 fully saturated rings. The molecule has 1 aromatic carbocycles. The lowest BCUT2D eigenvalue weighted by Gasteiger charge is -2.20. The van der Waals surface area contributed by atoms with Gasteiger partial charge in [-0.25, -0.2) is 4.39 Å². The second-order valence-corrected chi connectivity index (χ2v) is 6.97. The molecule has 0 amide bonds. The molecule has 2 rings (SSSR count). The summed E-state index contributed by atoms with van der Waals surface area (Å²) in [4.78, 5) is 0. The summed E-state index contributed by atoms with van der Waals surface area (Å²) in [5.74, 6) is 1.18. The average Bonchev–Trinajstić information content (AvgIpc) is 3.00. The molecule has 4 heteroatoms. The second-order valence-electron chi connectivity index (χ2n) is 5.63. The van der Waals surface area contributed by atoms with Crippen LogP contribution in [0.3, 0.4) is 0 Å². The first-order valence-corrected chi connectivity index (χ1v) is 8.95. The van der Waals surface area contributed by atoms with Gasteiger partial charge < -0.3 is 10.1 Å². The van der Waals surface area contributed by atoms with Gasteiger partial charge in [0.05, 0.1) is 7.11 Å². The minimum atomic E-state index is -0.214. The fourth-order valence-corrected chi connectivity index (χ4v) is 4.33. The smallest absolute Gasteiger partial charge is 0.168 e. The van der Waals surface area contributed by atoms with Crippen LogP contribution in [-0.2, 0) is 6.42 Å². The standard InChI is InChI=1S/C17H26FNOS/c1-3-19-14(12-21-15-8-4-5-9-15)11-13-7-6-10-16(20-2)17(13)18/h6-7,10,14-15,19H,3-5,8-9,11-12H2,1-2H3. The Bertz CT molecular complexity index is 435. The van der Waals surface area contributed by atoms with Crippen LogP contribution < -0.4 is 10.1 Å². The lowest BCUT2D eigenvalue weighted by atomic mass is 10.1. The summed E-state index contributed by atoms with van der Waals surface area (Å²) in [6.45, 7) is 3.02. The van der Waals surface area contributed by atoms with E-state index in [1.165, 1.54) is 32.8 Å². The number of rotatable bonds is 8. The summed E-state index contributed by atoms with van der Waals surface area (Å²) < 4.78 is 19.3. The number of thioether (sulfide) groups is 1. The predicted molar refractivity (Wildman–Crippen MR) is 88.8 cm³/mol. The summed E-state index contributed by atoms with van der Waals surface area (Å²) >= 11 is 2.05. The SMILES string of the molecule is CCNC(CSC1CCCC1)Cc1cccc(OC)c1F. The summed E-state index contributed by atoms with van der Waals surface area (Å²) in [6, 6.07) is 5.73. The van der Waals surface area contributed by atoms with Crippen LogP contribution in [-0.4, -0.2) is 30.7 Å². The molecule has 0 aliphatic heterocycles. The number of hydrogen-bond acceptors (Lipinski definition) is 3. The Morgan fingerprint density at radius 3 is 2.81 bits per heavy atom. The molecule has 1 saturated carbocycles. The van der Waals surface area contributed by atoms with E-state index in [4.69, 9.17) is 4.74 Å². The zero-order valence-corrected chi connectivity index (χ0v) is 13.8. The predicted octanol–water partition coefficient (Wildman–Crippen LogP) is 4.03. The van der Waals surface area contributed by atoms with Crippen molar-refractivity contribution in [3.8, 4) is 5.75 Å². The van der Waals surface area contributed by atoms with Crippen molar-refractivity contribution in [2.24, 2.45) is 0 Å². The van der Waals surface area contributed by atoms with Crippen LogP contribution in [0.2, 0.25) is 0 Å². The molecule has 1 aromatic rings. The topological polar surface area (TPSA) is 21.3 Å². The van der Waals surface area contributed by atoms with E-state index in [1.54, 1.807) is 6.07 Å². The van der Waals surface area contributed by atoms with Crippen molar-refractivity contribution in [1.29, 1.82) is 0 Å². The fraction of sp³-hybridized carbons (Fsp3) is 0.647. The van der Waals surface area contributed by atoms with Crippen molar-refractivity contribution < 1.29 is 9.13 Å². The molecule has 0 heterocycles. The third-order valence-corrected chi connectivity index (χ3v) is 5.60. The maximum atomic E-state index is 14.3. The van der Waals surface area contributed by atoms with Crippen molar-refractivity contribution in [3.63, 3.8) is 0 Å².